The van der Waals surface area contributed by atoms with Gasteiger partial charge in [0.1, 0.15) is 11.6 Å². The third kappa shape index (κ3) is 3.73. The maximum atomic E-state index is 9.41. The van der Waals surface area contributed by atoms with Gasteiger partial charge in [-0.05, 0) is 41.1 Å². The van der Waals surface area contributed by atoms with Crippen LogP contribution in [0.15, 0.2) is 27.8 Å². The number of methoxy groups -OCH3 is 1. The van der Waals surface area contributed by atoms with Gasteiger partial charge in [0.05, 0.1) is 12.8 Å². The number of nitrogens with one attached hydrogen (secondary N) is 1. The third-order valence-electron chi connectivity index (χ3n) is 3.51. The molecule has 25 heavy (non-hydrogen) atoms. The van der Waals surface area contributed by atoms with Gasteiger partial charge < -0.3 is 14.2 Å². The van der Waals surface area contributed by atoms with Gasteiger partial charge in [0, 0.05) is 28.4 Å². The Hall–Kier alpha value is -2.63. The zero-order valence-corrected chi connectivity index (χ0v) is 15.3. The van der Waals surface area contributed by atoms with Crippen molar-refractivity contribution in [3.63, 3.8) is 0 Å². The molecule has 0 aliphatic carbocycles. The molecule has 1 aliphatic heterocycles. The molecular formula is C17H15BrN4O3. The molecule has 1 N–H and O–H groups in total. The molecule has 3 rings (SSSR count). The monoisotopic (exact) mass is 402 g/mol. The average molecular weight is 403 g/mol. The first-order valence-corrected chi connectivity index (χ1v) is 8.19. The van der Waals surface area contributed by atoms with Gasteiger partial charge >= 0.3 is 0 Å². The SMILES string of the molecule is COCc1cc(C)nc(N/N=C/c2cc3c(cc2Br)OCO3)c1C#N. The number of rotatable bonds is 5. The lowest BCUT2D eigenvalue weighted by Crippen LogP contribution is -2.03. The smallest absolute Gasteiger partial charge is 0.231 e. The number of hydrogen-bond donors (Lipinski definition) is 1. The van der Waals surface area contributed by atoms with E-state index in [9.17, 15) is 5.26 Å². The minimum Gasteiger partial charge on any atom is -0.454 e. The first-order chi connectivity index (χ1) is 12.1. The number of benzene rings is 1. The highest BCUT2D eigenvalue weighted by Gasteiger charge is 2.15. The number of anilines is 1. The molecule has 2 heterocycles. The molecule has 1 aromatic carbocycles. The average Bonchev–Trinajstić information content (AvgIpc) is 3.02. The van der Waals surface area contributed by atoms with Crippen molar-refractivity contribution < 1.29 is 14.2 Å². The summed E-state index contributed by atoms with van der Waals surface area (Å²) < 4.78 is 16.6. The molecule has 2 aromatic rings. The van der Waals surface area contributed by atoms with Gasteiger partial charge in [-0.15, -0.1) is 0 Å². The van der Waals surface area contributed by atoms with Crippen molar-refractivity contribution in [3.8, 4) is 17.6 Å². The molecule has 128 valence electrons. The Kier molecular flexibility index (Phi) is 5.16. The van der Waals surface area contributed by atoms with Gasteiger partial charge in [0.25, 0.3) is 0 Å². The van der Waals surface area contributed by atoms with Gasteiger partial charge in [0.2, 0.25) is 6.79 Å². The van der Waals surface area contributed by atoms with E-state index in [2.05, 4.69) is 37.5 Å². The highest BCUT2D eigenvalue weighted by molar-refractivity contribution is 9.10. The van der Waals surface area contributed by atoms with Gasteiger partial charge in [-0.1, -0.05) is 0 Å². The second-order valence-electron chi connectivity index (χ2n) is 5.29. The van der Waals surface area contributed by atoms with E-state index in [-0.39, 0.29) is 6.79 Å². The number of nitrogens with zero attached hydrogens (tertiary/aromatic N) is 3. The Balaban J connectivity index is 1.84. The molecule has 0 bridgehead atoms. The number of pyridine rings is 1. The highest BCUT2D eigenvalue weighted by atomic mass is 79.9. The lowest BCUT2D eigenvalue weighted by molar-refractivity contribution is 0.174. The van der Waals surface area contributed by atoms with Gasteiger partial charge in [-0.2, -0.15) is 10.4 Å². The van der Waals surface area contributed by atoms with Crippen LogP contribution in [0.2, 0.25) is 0 Å². The first kappa shape index (κ1) is 17.2. The van der Waals surface area contributed by atoms with E-state index >= 15 is 0 Å². The molecule has 8 heteroatoms. The van der Waals surface area contributed by atoms with Crippen LogP contribution in [0.1, 0.15) is 22.4 Å². The van der Waals surface area contributed by atoms with E-state index in [1.807, 2.05) is 25.1 Å². The Labute approximate surface area is 153 Å². The van der Waals surface area contributed by atoms with Crippen LogP contribution in [0.4, 0.5) is 5.82 Å². The topological polar surface area (TPSA) is 88.8 Å². The number of aromatic nitrogens is 1. The van der Waals surface area contributed by atoms with Crippen LogP contribution < -0.4 is 14.9 Å². The number of nitriles is 1. The quantitative estimate of drug-likeness (QED) is 0.609. The fourth-order valence-electron chi connectivity index (χ4n) is 2.41. The second-order valence-corrected chi connectivity index (χ2v) is 6.14. The van der Waals surface area contributed by atoms with E-state index in [4.69, 9.17) is 14.2 Å². The molecule has 0 radical (unpaired) electrons. The molecule has 7 nitrogen and oxygen atoms in total. The molecule has 1 aliphatic rings. The number of ether oxygens (including phenoxy) is 3. The van der Waals surface area contributed by atoms with E-state index in [0.29, 0.717) is 29.5 Å². The molecule has 0 fully saturated rings. The molecule has 0 unspecified atom stereocenters. The van der Waals surface area contributed by atoms with E-state index in [1.165, 1.54) is 0 Å². The third-order valence-corrected chi connectivity index (χ3v) is 4.19. The first-order valence-electron chi connectivity index (χ1n) is 7.40. The van der Waals surface area contributed by atoms with Crippen molar-refractivity contribution >= 4 is 28.0 Å². The summed E-state index contributed by atoms with van der Waals surface area (Å²) in [5.74, 6) is 1.74. The molecule has 0 saturated heterocycles. The predicted octanol–water partition coefficient (Wildman–Crippen LogP) is 3.35. The lowest BCUT2D eigenvalue weighted by atomic mass is 10.1. The summed E-state index contributed by atoms with van der Waals surface area (Å²) in [7, 11) is 1.58. The van der Waals surface area contributed by atoms with Crippen LogP contribution >= 0.6 is 15.9 Å². The van der Waals surface area contributed by atoms with Gasteiger partial charge in [-0.3, -0.25) is 5.43 Å². The molecule has 0 atom stereocenters. The van der Waals surface area contributed by atoms with E-state index in [0.717, 1.165) is 21.3 Å². The maximum absolute atomic E-state index is 9.41. The van der Waals surface area contributed by atoms with E-state index in [1.54, 1.807) is 13.3 Å². The molecule has 1 aromatic heterocycles. The van der Waals surface area contributed by atoms with Crippen LogP contribution in [-0.4, -0.2) is 25.1 Å². The summed E-state index contributed by atoms with van der Waals surface area (Å²) in [5, 5.41) is 13.6. The predicted molar refractivity (Wildman–Crippen MR) is 95.9 cm³/mol. The zero-order chi connectivity index (χ0) is 17.8. The Bertz CT molecular complexity index is 877. The summed E-state index contributed by atoms with van der Waals surface area (Å²) in [4.78, 5) is 4.34. The minimum atomic E-state index is 0.210. The summed E-state index contributed by atoms with van der Waals surface area (Å²) in [6.07, 6.45) is 1.62. The summed E-state index contributed by atoms with van der Waals surface area (Å²) in [5.41, 5.74) is 5.59. The van der Waals surface area contributed by atoms with Gasteiger partial charge in [0.15, 0.2) is 17.3 Å². The van der Waals surface area contributed by atoms with E-state index < -0.39 is 0 Å². The van der Waals surface area contributed by atoms with Crippen molar-refractivity contribution in [1.82, 2.24) is 4.98 Å². The van der Waals surface area contributed by atoms with Crippen molar-refractivity contribution in [1.29, 1.82) is 5.26 Å². The van der Waals surface area contributed by atoms with Crippen molar-refractivity contribution in [3.05, 3.63) is 45.1 Å². The normalized spacial score (nSPS) is 12.4. The molecule has 0 saturated carbocycles. The van der Waals surface area contributed by atoms with Gasteiger partial charge in [-0.25, -0.2) is 4.98 Å². The Morgan fingerprint density at radius 2 is 2.16 bits per heavy atom. The van der Waals surface area contributed by atoms with Crippen LogP contribution in [0.5, 0.6) is 11.5 Å². The number of fused-ring (bicyclic) bond motifs is 1. The van der Waals surface area contributed by atoms with Crippen molar-refractivity contribution in [2.45, 2.75) is 13.5 Å². The van der Waals surface area contributed by atoms with Crippen molar-refractivity contribution in [2.75, 3.05) is 19.3 Å². The van der Waals surface area contributed by atoms with Crippen molar-refractivity contribution in [2.24, 2.45) is 5.10 Å². The maximum Gasteiger partial charge on any atom is 0.231 e. The highest BCUT2D eigenvalue weighted by Crippen LogP contribution is 2.36. The van der Waals surface area contributed by atoms with Crippen LogP contribution in [0, 0.1) is 18.3 Å². The standard InChI is InChI=1S/C17H15BrN4O3/c1-10-3-12(8-23-2)13(6-19)17(21-10)22-20-7-11-4-15-16(5-14(11)18)25-9-24-15/h3-5,7H,8-9H2,1-2H3,(H,21,22)/b20-7+. The summed E-state index contributed by atoms with van der Waals surface area (Å²) in [6, 6.07) is 7.62. The minimum absolute atomic E-state index is 0.210. The zero-order valence-electron chi connectivity index (χ0n) is 13.7. The number of aryl methyl sites for hydroxylation is 1. The molecular weight excluding hydrogens is 388 g/mol. The van der Waals surface area contributed by atoms with Crippen LogP contribution in [-0.2, 0) is 11.3 Å². The number of halogens is 1. The fourth-order valence-corrected chi connectivity index (χ4v) is 2.84. The fraction of sp³-hybridized carbons (Fsp3) is 0.235. The number of hydrogen-bond acceptors (Lipinski definition) is 7. The summed E-state index contributed by atoms with van der Waals surface area (Å²) in [6.45, 7) is 2.39. The molecule has 0 amide bonds. The van der Waals surface area contributed by atoms with Crippen LogP contribution in [0.3, 0.4) is 0 Å². The largest absolute Gasteiger partial charge is 0.454 e. The Morgan fingerprint density at radius 1 is 1.40 bits per heavy atom. The van der Waals surface area contributed by atoms with Crippen LogP contribution in [0.25, 0.3) is 0 Å². The number of hydrazone groups is 1. The second kappa shape index (κ2) is 7.51. The molecule has 0 spiro atoms. The Morgan fingerprint density at radius 3 is 2.88 bits per heavy atom. The lowest BCUT2D eigenvalue weighted by Gasteiger charge is -2.09. The summed E-state index contributed by atoms with van der Waals surface area (Å²) >= 11 is 3.47.